The molecular weight excluding hydrogens is 372 g/mol. The second kappa shape index (κ2) is 7.88. The fourth-order valence-corrected chi connectivity index (χ4v) is 2.57. The van der Waals surface area contributed by atoms with Crippen LogP contribution in [-0.2, 0) is 11.3 Å². The molecule has 0 radical (unpaired) electrons. The van der Waals surface area contributed by atoms with Crippen molar-refractivity contribution in [1.29, 1.82) is 0 Å². The summed E-state index contributed by atoms with van der Waals surface area (Å²) in [7, 11) is 0. The van der Waals surface area contributed by atoms with Crippen LogP contribution in [0.15, 0.2) is 53.0 Å². The van der Waals surface area contributed by atoms with Crippen LogP contribution in [0, 0.1) is 17.0 Å². The monoisotopic (exact) mass is 386 g/mol. The molecule has 0 saturated carbocycles. The quantitative estimate of drug-likeness (QED) is 0.391. The van der Waals surface area contributed by atoms with Crippen LogP contribution in [0.2, 0.25) is 5.02 Å². The molecule has 1 N–H and O–H groups in total. The van der Waals surface area contributed by atoms with E-state index in [1.807, 2.05) is 31.2 Å². The first-order valence-electron chi connectivity index (χ1n) is 7.93. The van der Waals surface area contributed by atoms with E-state index >= 15 is 0 Å². The fourth-order valence-electron chi connectivity index (χ4n) is 2.37. The molecule has 0 atom stereocenters. The number of anilines is 1. The number of benzene rings is 1. The van der Waals surface area contributed by atoms with Gasteiger partial charge in [-0.2, -0.15) is 5.10 Å². The molecule has 0 bridgehead atoms. The van der Waals surface area contributed by atoms with Gasteiger partial charge in [-0.25, -0.2) is 0 Å². The van der Waals surface area contributed by atoms with E-state index in [2.05, 4.69) is 10.4 Å². The molecule has 2 aromatic heterocycles. The molecule has 0 fully saturated rings. The smallest absolute Gasteiger partial charge is 0.401 e. The van der Waals surface area contributed by atoms with Crippen molar-refractivity contribution in [2.24, 2.45) is 0 Å². The van der Waals surface area contributed by atoms with Gasteiger partial charge in [0.15, 0.2) is 5.82 Å². The van der Waals surface area contributed by atoms with Crippen molar-refractivity contribution < 1.29 is 14.1 Å². The highest BCUT2D eigenvalue weighted by Crippen LogP contribution is 2.19. The maximum atomic E-state index is 12.0. The van der Waals surface area contributed by atoms with E-state index in [4.69, 9.17) is 16.0 Å². The number of hydrogen-bond donors (Lipinski definition) is 1. The lowest BCUT2D eigenvalue weighted by atomic mass is 10.2. The van der Waals surface area contributed by atoms with Gasteiger partial charge in [0, 0.05) is 22.9 Å². The van der Waals surface area contributed by atoms with Crippen molar-refractivity contribution in [3.8, 4) is 0 Å². The number of amides is 1. The van der Waals surface area contributed by atoms with Crippen LogP contribution in [0.1, 0.15) is 17.0 Å². The van der Waals surface area contributed by atoms with Gasteiger partial charge >= 0.3 is 5.88 Å². The molecule has 0 spiro atoms. The van der Waals surface area contributed by atoms with Gasteiger partial charge in [0.05, 0.1) is 12.6 Å². The van der Waals surface area contributed by atoms with Gasteiger partial charge in [0.2, 0.25) is 5.91 Å². The minimum atomic E-state index is -0.647. The predicted octanol–water partition coefficient (Wildman–Crippen LogP) is 4.05. The van der Waals surface area contributed by atoms with Gasteiger partial charge in [-0.3, -0.25) is 19.6 Å². The predicted molar refractivity (Wildman–Crippen MR) is 101 cm³/mol. The number of hydrogen-bond acceptors (Lipinski definition) is 5. The average molecular weight is 387 g/mol. The summed E-state index contributed by atoms with van der Waals surface area (Å²) in [6, 6.07) is 11.8. The lowest BCUT2D eigenvalue weighted by Gasteiger charge is -2.06. The SMILES string of the molecule is Cc1cc(NC(=O)/C=C/c2ccc([N+](=O)[O-])o2)nn1Cc1ccccc1Cl. The van der Waals surface area contributed by atoms with Gasteiger partial charge in [0.1, 0.15) is 10.7 Å². The van der Waals surface area contributed by atoms with Gasteiger partial charge in [-0.05, 0) is 30.7 Å². The Kier molecular flexibility index (Phi) is 5.37. The third-order valence-electron chi connectivity index (χ3n) is 3.70. The second-order valence-corrected chi connectivity index (χ2v) is 6.08. The zero-order valence-electron chi connectivity index (χ0n) is 14.3. The first-order chi connectivity index (χ1) is 12.9. The molecule has 2 heterocycles. The average Bonchev–Trinajstić information content (AvgIpc) is 3.22. The number of nitrogens with one attached hydrogen (secondary N) is 1. The largest absolute Gasteiger partial charge is 0.433 e. The molecule has 27 heavy (non-hydrogen) atoms. The highest BCUT2D eigenvalue weighted by atomic mass is 35.5. The lowest BCUT2D eigenvalue weighted by molar-refractivity contribution is -0.402. The molecule has 0 aliphatic carbocycles. The number of aryl methyl sites for hydroxylation is 1. The van der Waals surface area contributed by atoms with Crippen molar-refractivity contribution in [1.82, 2.24) is 9.78 Å². The lowest BCUT2D eigenvalue weighted by Crippen LogP contribution is -2.09. The summed E-state index contributed by atoms with van der Waals surface area (Å²) in [4.78, 5) is 21.9. The number of nitro groups is 1. The van der Waals surface area contributed by atoms with Crippen LogP contribution in [0.3, 0.4) is 0 Å². The fraction of sp³-hybridized carbons (Fsp3) is 0.111. The van der Waals surface area contributed by atoms with Crippen LogP contribution in [0.4, 0.5) is 11.7 Å². The normalized spacial score (nSPS) is 11.0. The van der Waals surface area contributed by atoms with Crippen molar-refractivity contribution in [3.63, 3.8) is 0 Å². The molecule has 1 aromatic carbocycles. The molecule has 138 valence electrons. The molecule has 1 amide bonds. The van der Waals surface area contributed by atoms with E-state index in [-0.39, 0.29) is 11.6 Å². The molecule has 0 aliphatic rings. The molecule has 3 rings (SSSR count). The second-order valence-electron chi connectivity index (χ2n) is 5.68. The van der Waals surface area contributed by atoms with Crippen LogP contribution in [0.5, 0.6) is 0 Å². The molecule has 8 nitrogen and oxygen atoms in total. The standard InChI is InChI=1S/C18H15ClN4O4/c1-12-10-16(21-22(12)11-13-4-2-3-5-15(13)19)20-17(24)8-6-14-7-9-18(27-14)23(25)26/h2-10H,11H2,1H3,(H,20,21,24)/b8-6+. The summed E-state index contributed by atoms with van der Waals surface area (Å²) < 4.78 is 6.68. The Labute approximate surface area is 159 Å². The maximum absolute atomic E-state index is 12.0. The van der Waals surface area contributed by atoms with Crippen LogP contribution >= 0.6 is 11.6 Å². The van der Waals surface area contributed by atoms with Crippen molar-refractivity contribution in [2.45, 2.75) is 13.5 Å². The van der Waals surface area contributed by atoms with E-state index < -0.39 is 10.8 Å². The minimum absolute atomic E-state index is 0.206. The third-order valence-corrected chi connectivity index (χ3v) is 4.07. The summed E-state index contributed by atoms with van der Waals surface area (Å²) >= 11 is 6.17. The van der Waals surface area contributed by atoms with Crippen LogP contribution in [0.25, 0.3) is 6.08 Å². The molecule has 9 heteroatoms. The van der Waals surface area contributed by atoms with Gasteiger partial charge < -0.3 is 9.73 Å². The van der Waals surface area contributed by atoms with E-state index in [1.54, 1.807) is 10.7 Å². The van der Waals surface area contributed by atoms with Crippen molar-refractivity contribution >= 4 is 35.3 Å². The zero-order valence-corrected chi connectivity index (χ0v) is 15.0. The Morgan fingerprint density at radius 1 is 1.37 bits per heavy atom. The van der Waals surface area contributed by atoms with E-state index in [1.165, 1.54) is 24.3 Å². The molecule has 0 saturated heterocycles. The molecular formula is C18H15ClN4O4. The number of carbonyl (C=O) groups excluding carboxylic acids is 1. The van der Waals surface area contributed by atoms with E-state index in [0.29, 0.717) is 17.4 Å². The highest BCUT2D eigenvalue weighted by molar-refractivity contribution is 6.31. The van der Waals surface area contributed by atoms with Gasteiger partial charge in [0.25, 0.3) is 0 Å². The topological polar surface area (TPSA) is 103 Å². The summed E-state index contributed by atoms with van der Waals surface area (Å²) in [6.07, 6.45) is 2.56. The highest BCUT2D eigenvalue weighted by Gasteiger charge is 2.11. The Morgan fingerprint density at radius 2 is 2.15 bits per heavy atom. The number of carbonyl (C=O) groups is 1. The molecule has 0 unspecified atom stereocenters. The summed E-state index contributed by atoms with van der Waals surface area (Å²) in [6.45, 7) is 2.35. The number of aromatic nitrogens is 2. The van der Waals surface area contributed by atoms with Gasteiger partial charge in [-0.15, -0.1) is 0 Å². The summed E-state index contributed by atoms with van der Waals surface area (Å²) in [5.74, 6) is -0.225. The number of rotatable bonds is 6. The van der Waals surface area contributed by atoms with Crippen LogP contribution < -0.4 is 5.32 Å². The number of halogens is 1. The number of nitrogens with zero attached hydrogens (tertiary/aromatic N) is 3. The molecule has 3 aromatic rings. The summed E-state index contributed by atoms with van der Waals surface area (Å²) in [5.41, 5.74) is 1.78. The molecule has 0 aliphatic heterocycles. The van der Waals surface area contributed by atoms with Gasteiger partial charge in [-0.1, -0.05) is 29.8 Å². The zero-order chi connectivity index (χ0) is 19.4. The Hall–Kier alpha value is -3.39. The summed E-state index contributed by atoms with van der Waals surface area (Å²) in [5, 5.41) is 18.2. The first kappa shape index (κ1) is 18.4. The Morgan fingerprint density at radius 3 is 2.85 bits per heavy atom. The minimum Gasteiger partial charge on any atom is -0.401 e. The van der Waals surface area contributed by atoms with E-state index in [0.717, 1.165) is 11.3 Å². The number of furan rings is 1. The van der Waals surface area contributed by atoms with Crippen molar-refractivity contribution in [3.05, 3.63) is 80.7 Å². The van der Waals surface area contributed by atoms with Crippen LogP contribution in [-0.4, -0.2) is 20.6 Å². The Bertz CT molecular complexity index is 1020. The maximum Gasteiger partial charge on any atom is 0.433 e. The van der Waals surface area contributed by atoms with Crippen molar-refractivity contribution in [2.75, 3.05) is 5.32 Å². The van der Waals surface area contributed by atoms with E-state index in [9.17, 15) is 14.9 Å². The Balaban J connectivity index is 1.65. The first-order valence-corrected chi connectivity index (χ1v) is 8.31. The third kappa shape index (κ3) is 4.62.